The molecule has 1 saturated carbocycles. The number of fused-ring (bicyclic) bond motifs is 2. The highest BCUT2D eigenvalue weighted by atomic mass is 28.4. The third kappa shape index (κ3) is 4.21. The molecule has 0 radical (unpaired) electrons. The second kappa shape index (κ2) is 8.48. The molecule has 6 atom stereocenters. The fourth-order valence-electron chi connectivity index (χ4n) is 6.07. The standard InChI is InChI=1S/C28H38O6Si/c1-26(2,3)35(18-14-10-8-11-15-18,19-16-12-9-13-17-19)34-25-23-21(30-27(4,5)32-23)20(29)22-24(25)33-28(6,7)31-22/h8-17,20-25,29H,1-7H3/t20?,21-,22?,23+,24+,25?/m0/s1. The summed E-state index contributed by atoms with van der Waals surface area (Å²) >= 11 is 0. The highest BCUT2D eigenvalue weighted by Gasteiger charge is 2.65. The van der Waals surface area contributed by atoms with Gasteiger partial charge in [0.2, 0.25) is 0 Å². The SMILES string of the molecule is CC1(C)OC2C(O)[C@@H]3OC(C)(C)O[C@H]3C(O[Si](c3ccccc3)(c3ccccc3)C(C)(C)C)[C@@H]2O1. The van der Waals surface area contributed by atoms with E-state index in [-0.39, 0.29) is 5.04 Å². The van der Waals surface area contributed by atoms with E-state index in [1.165, 1.54) is 10.4 Å². The molecule has 35 heavy (non-hydrogen) atoms. The third-order valence-electron chi connectivity index (χ3n) is 7.38. The monoisotopic (exact) mass is 498 g/mol. The predicted molar refractivity (Wildman–Crippen MR) is 136 cm³/mol. The topological polar surface area (TPSA) is 66.4 Å². The van der Waals surface area contributed by atoms with Gasteiger partial charge >= 0.3 is 0 Å². The van der Waals surface area contributed by atoms with Crippen LogP contribution in [-0.2, 0) is 23.4 Å². The number of benzene rings is 2. The molecule has 6 nitrogen and oxygen atoms in total. The summed E-state index contributed by atoms with van der Waals surface area (Å²) in [5, 5.41) is 13.4. The molecular weight excluding hydrogens is 460 g/mol. The summed E-state index contributed by atoms with van der Waals surface area (Å²) in [6.07, 6.45) is -3.53. The zero-order chi connectivity index (χ0) is 25.2. The van der Waals surface area contributed by atoms with Gasteiger partial charge in [-0.1, -0.05) is 81.4 Å². The van der Waals surface area contributed by atoms with Crippen LogP contribution in [0.3, 0.4) is 0 Å². The van der Waals surface area contributed by atoms with Gasteiger partial charge < -0.3 is 28.5 Å². The van der Waals surface area contributed by atoms with Gasteiger partial charge in [0.1, 0.15) is 36.6 Å². The van der Waals surface area contributed by atoms with Crippen LogP contribution in [0.1, 0.15) is 48.5 Å². The Hall–Kier alpha value is -1.58. The quantitative estimate of drug-likeness (QED) is 0.653. The van der Waals surface area contributed by atoms with Gasteiger partial charge in [-0.25, -0.2) is 0 Å². The van der Waals surface area contributed by atoms with Crippen LogP contribution >= 0.6 is 0 Å². The summed E-state index contributed by atoms with van der Waals surface area (Å²) < 4.78 is 32.8. The van der Waals surface area contributed by atoms with Crippen LogP contribution in [0.15, 0.2) is 60.7 Å². The molecule has 2 aromatic carbocycles. The Morgan fingerprint density at radius 3 is 1.43 bits per heavy atom. The molecule has 0 bridgehead atoms. The first kappa shape index (κ1) is 25.1. The third-order valence-corrected chi connectivity index (χ3v) is 12.4. The van der Waals surface area contributed by atoms with Gasteiger partial charge in [-0.2, -0.15) is 0 Å². The van der Waals surface area contributed by atoms with Crippen LogP contribution in [0.4, 0.5) is 0 Å². The molecule has 2 aromatic rings. The molecule has 5 rings (SSSR count). The van der Waals surface area contributed by atoms with Crippen molar-refractivity contribution >= 4 is 18.7 Å². The van der Waals surface area contributed by atoms with E-state index in [9.17, 15) is 5.11 Å². The van der Waals surface area contributed by atoms with E-state index in [0.29, 0.717) is 0 Å². The Kier molecular flexibility index (Phi) is 6.08. The number of ether oxygens (including phenoxy) is 4. The number of aliphatic hydroxyl groups is 1. The maximum atomic E-state index is 11.3. The number of hydrogen-bond acceptors (Lipinski definition) is 6. The van der Waals surface area contributed by atoms with E-state index in [4.69, 9.17) is 23.4 Å². The maximum Gasteiger partial charge on any atom is 0.261 e. The van der Waals surface area contributed by atoms with Crippen LogP contribution in [0, 0.1) is 0 Å². The fourth-order valence-corrected chi connectivity index (χ4v) is 10.8. The molecule has 0 aromatic heterocycles. The number of rotatable bonds is 4. The van der Waals surface area contributed by atoms with Crippen LogP contribution < -0.4 is 10.4 Å². The summed E-state index contributed by atoms with van der Waals surface area (Å²) in [5.74, 6) is -1.70. The molecule has 0 amide bonds. The maximum absolute atomic E-state index is 11.3. The molecule has 3 aliphatic rings. The molecule has 2 heterocycles. The molecule has 3 unspecified atom stereocenters. The van der Waals surface area contributed by atoms with Crippen molar-refractivity contribution in [1.29, 1.82) is 0 Å². The highest BCUT2D eigenvalue weighted by Crippen LogP contribution is 2.48. The van der Waals surface area contributed by atoms with Crippen LogP contribution in [0.25, 0.3) is 0 Å². The average Bonchev–Trinajstić information content (AvgIpc) is 3.29. The van der Waals surface area contributed by atoms with Gasteiger partial charge in [-0.3, -0.25) is 0 Å². The Morgan fingerprint density at radius 1 is 0.686 bits per heavy atom. The lowest BCUT2D eigenvalue weighted by Gasteiger charge is -2.49. The summed E-state index contributed by atoms with van der Waals surface area (Å²) in [6.45, 7) is 14.2. The lowest BCUT2D eigenvalue weighted by molar-refractivity contribution is -0.182. The van der Waals surface area contributed by atoms with Gasteiger partial charge in [-0.15, -0.1) is 0 Å². The van der Waals surface area contributed by atoms with Gasteiger partial charge in [0.05, 0.1) is 0 Å². The molecule has 1 N–H and O–H groups in total. The largest absolute Gasteiger partial charge is 0.399 e. The van der Waals surface area contributed by atoms with E-state index in [2.05, 4.69) is 69.3 Å². The van der Waals surface area contributed by atoms with Crippen LogP contribution in [0.5, 0.6) is 0 Å². The molecule has 1 aliphatic carbocycles. The summed E-state index contributed by atoms with van der Waals surface area (Å²) in [4.78, 5) is 0. The number of hydrogen-bond donors (Lipinski definition) is 1. The van der Waals surface area contributed by atoms with E-state index >= 15 is 0 Å². The molecule has 190 valence electrons. The Bertz CT molecular complexity index is 963. The van der Waals surface area contributed by atoms with E-state index in [1.807, 2.05) is 39.8 Å². The van der Waals surface area contributed by atoms with Crippen molar-refractivity contribution in [3.63, 3.8) is 0 Å². The molecule has 3 fully saturated rings. The van der Waals surface area contributed by atoms with Crippen molar-refractivity contribution in [2.45, 2.75) is 102 Å². The molecule has 0 spiro atoms. The van der Waals surface area contributed by atoms with Gasteiger partial charge in [0, 0.05) is 0 Å². The van der Waals surface area contributed by atoms with E-state index in [1.54, 1.807) is 0 Å². The lowest BCUT2D eigenvalue weighted by atomic mass is 9.85. The Labute approximate surface area is 209 Å². The number of aliphatic hydroxyl groups excluding tert-OH is 1. The van der Waals surface area contributed by atoms with Gasteiger partial charge in [-0.05, 0) is 43.1 Å². The second-order valence-electron chi connectivity index (χ2n) is 11.9. The molecule has 2 saturated heterocycles. The van der Waals surface area contributed by atoms with E-state index in [0.717, 1.165) is 0 Å². The highest BCUT2D eigenvalue weighted by molar-refractivity contribution is 6.99. The lowest BCUT2D eigenvalue weighted by Crippen LogP contribution is -2.72. The smallest absolute Gasteiger partial charge is 0.261 e. The summed E-state index contributed by atoms with van der Waals surface area (Å²) in [6, 6.07) is 21.0. The van der Waals surface area contributed by atoms with Crippen molar-refractivity contribution in [2.75, 3.05) is 0 Å². The van der Waals surface area contributed by atoms with Crippen LogP contribution in [0.2, 0.25) is 5.04 Å². The summed E-state index contributed by atoms with van der Waals surface area (Å²) in [5.41, 5.74) is 0. The zero-order valence-electron chi connectivity index (χ0n) is 21.7. The average molecular weight is 499 g/mol. The summed E-state index contributed by atoms with van der Waals surface area (Å²) in [7, 11) is -2.92. The van der Waals surface area contributed by atoms with E-state index < -0.39 is 56.5 Å². The second-order valence-corrected chi connectivity index (χ2v) is 16.1. The van der Waals surface area contributed by atoms with Crippen molar-refractivity contribution in [3.05, 3.63) is 60.7 Å². The van der Waals surface area contributed by atoms with Crippen molar-refractivity contribution < 1.29 is 28.5 Å². The minimum absolute atomic E-state index is 0.222. The van der Waals surface area contributed by atoms with Crippen molar-refractivity contribution in [2.24, 2.45) is 0 Å². The Morgan fingerprint density at radius 2 is 1.06 bits per heavy atom. The molecule has 2 aliphatic heterocycles. The minimum atomic E-state index is -2.92. The first-order chi connectivity index (χ1) is 16.3. The van der Waals surface area contributed by atoms with Crippen molar-refractivity contribution in [1.82, 2.24) is 0 Å². The van der Waals surface area contributed by atoms with Crippen molar-refractivity contribution in [3.8, 4) is 0 Å². The molecular formula is C28H38O6Si. The predicted octanol–water partition coefficient (Wildman–Crippen LogP) is 3.35. The normalized spacial score (nSPS) is 33.8. The van der Waals surface area contributed by atoms with Crippen LogP contribution in [-0.4, -0.2) is 61.6 Å². The Balaban J connectivity index is 1.68. The van der Waals surface area contributed by atoms with Gasteiger partial charge in [0.25, 0.3) is 8.32 Å². The fraction of sp³-hybridized carbons (Fsp3) is 0.571. The minimum Gasteiger partial charge on any atom is -0.399 e. The van der Waals surface area contributed by atoms with Gasteiger partial charge in [0.15, 0.2) is 11.6 Å². The first-order valence-electron chi connectivity index (χ1n) is 12.5. The first-order valence-corrected chi connectivity index (χ1v) is 14.4. The zero-order valence-corrected chi connectivity index (χ0v) is 22.7. The molecule has 7 heteroatoms.